The van der Waals surface area contributed by atoms with Crippen LogP contribution in [0.2, 0.25) is 0 Å². The standard InChI is InChI=1S/C32H34O2.CH4/c1-2-7-22-12-14-23(15-13-22)26-20-33-29-18-16-24-8-3-5-10-27(24)31(29)32-28-11-6-4-9-25(28)17-19-30(32)34-21-26;/h3-6,8-11,16-19,22-23,26H,2,7,12-15,20-21H2,1H3;1H4. The van der Waals surface area contributed by atoms with Crippen LogP contribution in [0.25, 0.3) is 32.7 Å². The maximum atomic E-state index is 6.68. The molecule has 1 aliphatic carbocycles. The average molecular weight is 467 g/mol. The molecule has 1 heterocycles. The number of ether oxygens (including phenoxy) is 2. The van der Waals surface area contributed by atoms with E-state index in [1.165, 1.54) is 60.1 Å². The summed E-state index contributed by atoms with van der Waals surface area (Å²) in [5, 5.41) is 4.90. The predicted molar refractivity (Wildman–Crippen MR) is 148 cm³/mol. The van der Waals surface area contributed by atoms with Crippen molar-refractivity contribution in [2.45, 2.75) is 52.9 Å². The van der Waals surface area contributed by atoms with Gasteiger partial charge in [-0.25, -0.2) is 0 Å². The molecule has 0 unspecified atom stereocenters. The summed E-state index contributed by atoms with van der Waals surface area (Å²) in [5.41, 5.74) is 2.33. The molecule has 0 aromatic heterocycles. The fourth-order valence-corrected chi connectivity index (χ4v) is 6.33. The lowest BCUT2D eigenvalue weighted by atomic mass is 9.75. The zero-order valence-electron chi connectivity index (χ0n) is 20.1. The third-order valence-corrected chi connectivity index (χ3v) is 8.19. The molecule has 0 radical (unpaired) electrons. The second-order valence-electron chi connectivity index (χ2n) is 10.3. The van der Waals surface area contributed by atoms with Crippen molar-refractivity contribution in [2.24, 2.45) is 17.8 Å². The molecular weight excluding hydrogens is 428 g/mol. The Morgan fingerprint density at radius 1 is 0.629 bits per heavy atom. The van der Waals surface area contributed by atoms with Crippen molar-refractivity contribution in [3.05, 3.63) is 72.8 Å². The summed E-state index contributed by atoms with van der Waals surface area (Å²) in [6.07, 6.45) is 8.01. The lowest BCUT2D eigenvalue weighted by molar-refractivity contribution is 0.0983. The molecule has 1 saturated carbocycles. The zero-order valence-corrected chi connectivity index (χ0v) is 20.1. The van der Waals surface area contributed by atoms with Crippen LogP contribution in [0, 0.1) is 17.8 Å². The molecule has 0 bridgehead atoms. The van der Waals surface area contributed by atoms with Gasteiger partial charge in [-0.3, -0.25) is 0 Å². The first-order chi connectivity index (χ1) is 16.8. The summed E-state index contributed by atoms with van der Waals surface area (Å²) < 4.78 is 13.4. The van der Waals surface area contributed by atoms with Gasteiger partial charge in [0.05, 0.1) is 13.2 Å². The van der Waals surface area contributed by atoms with Gasteiger partial charge in [-0.05, 0) is 58.4 Å². The Bertz CT molecular complexity index is 1210. The monoisotopic (exact) mass is 466 g/mol. The van der Waals surface area contributed by atoms with E-state index < -0.39 is 0 Å². The van der Waals surface area contributed by atoms with Crippen LogP contribution in [0.4, 0.5) is 0 Å². The van der Waals surface area contributed by atoms with E-state index in [2.05, 4.69) is 79.7 Å². The van der Waals surface area contributed by atoms with Gasteiger partial charge in [0.2, 0.25) is 0 Å². The van der Waals surface area contributed by atoms with Gasteiger partial charge in [0.15, 0.2) is 0 Å². The minimum Gasteiger partial charge on any atom is -0.492 e. The molecule has 0 saturated heterocycles. The lowest BCUT2D eigenvalue weighted by Crippen LogP contribution is -2.30. The van der Waals surface area contributed by atoms with Crippen molar-refractivity contribution in [3.8, 4) is 22.6 Å². The maximum Gasteiger partial charge on any atom is 0.127 e. The van der Waals surface area contributed by atoms with E-state index >= 15 is 0 Å². The Morgan fingerprint density at radius 3 is 1.66 bits per heavy atom. The molecule has 4 aromatic carbocycles. The topological polar surface area (TPSA) is 18.5 Å². The molecular formula is C33H38O2. The number of benzene rings is 4. The highest BCUT2D eigenvalue weighted by atomic mass is 16.5. The second-order valence-corrected chi connectivity index (χ2v) is 10.3. The SMILES string of the molecule is C.CCCC1CCC(C2COc3ccc4ccccc4c3-c3c(ccc4ccccc34)OC2)CC1. The van der Waals surface area contributed by atoms with E-state index in [9.17, 15) is 0 Å². The van der Waals surface area contributed by atoms with Crippen LogP contribution in [0.3, 0.4) is 0 Å². The van der Waals surface area contributed by atoms with Crippen molar-refractivity contribution in [2.75, 3.05) is 13.2 Å². The molecule has 4 aromatic rings. The minimum absolute atomic E-state index is 0. The molecule has 0 amide bonds. The maximum absolute atomic E-state index is 6.68. The molecule has 0 spiro atoms. The first-order valence-electron chi connectivity index (χ1n) is 13.1. The summed E-state index contributed by atoms with van der Waals surface area (Å²) in [5.74, 6) is 3.97. The van der Waals surface area contributed by atoms with Crippen LogP contribution >= 0.6 is 0 Å². The summed E-state index contributed by atoms with van der Waals surface area (Å²) in [6.45, 7) is 3.76. The molecule has 1 fully saturated rings. The fourth-order valence-electron chi connectivity index (χ4n) is 6.33. The van der Waals surface area contributed by atoms with E-state index in [-0.39, 0.29) is 7.43 Å². The van der Waals surface area contributed by atoms with Crippen molar-refractivity contribution in [1.82, 2.24) is 0 Å². The van der Waals surface area contributed by atoms with Crippen molar-refractivity contribution >= 4 is 21.5 Å². The summed E-state index contributed by atoms with van der Waals surface area (Å²) >= 11 is 0. The fraction of sp³-hybridized carbons (Fsp3) is 0.394. The van der Waals surface area contributed by atoms with Gasteiger partial charge in [-0.2, -0.15) is 0 Å². The highest BCUT2D eigenvalue weighted by Gasteiger charge is 2.30. The minimum atomic E-state index is 0. The van der Waals surface area contributed by atoms with E-state index in [0.29, 0.717) is 11.8 Å². The van der Waals surface area contributed by atoms with Gasteiger partial charge in [0.1, 0.15) is 11.5 Å². The Labute approximate surface area is 210 Å². The van der Waals surface area contributed by atoms with Gasteiger partial charge in [-0.1, -0.05) is 101 Å². The van der Waals surface area contributed by atoms with Crippen LogP contribution in [0.15, 0.2) is 72.8 Å². The van der Waals surface area contributed by atoms with Crippen LogP contribution in [-0.2, 0) is 0 Å². The summed E-state index contributed by atoms with van der Waals surface area (Å²) in [6, 6.07) is 26.0. The molecule has 2 nitrogen and oxygen atoms in total. The van der Waals surface area contributed by atoms with Crippen LogP contribution < -0.4 is 9.47 Å². The molecule has 1 aliphatic heterocycles. The number of hydrogen-bond acceptors (Lipinski definition) is 2. The molecule has 2 aliphatic rings. The van der Waals surface area contributed by atoms with Gasteiger partial charge in [0, 0.05) is 17.0 Å². The van der Waals surface area contributed by atoms with Gasteiger partial charge in [-0.15, -0.1) is 0 Å². The van der Waals surface area contributed by atoms with E-state index in [1.807, 2.05) is 0 Å². The van der Waals surface area contributed by atoms with Gasteiger partial charge in [0.25, 0.3) is 0 Å². The lowest BCUT2D eigenvalue weighted by Gasteiger charge is -2.33. The van der Waals surface area contributed by atoms with Crippen molar-refractivity contribution in [3.63, 3.8) is 0 Å². The summed E-state index contributed by atoms with van der Waals surface area (Å²) in [4.78, 5) is 0. The molecule has 2 heteroatoms. The molecule has 35 heavy (non-hydrogen) atoms. The van der Waals surface area contributed by atoms with Crippen molar-refractivity contribution < 1.29 is 9.47 Å². The number of fused-ring (bicyclic) bond motifs is 7. The van der Waals surface area contributed by atoms with Crippen molar-refractivity contribution in [1.29, 1.82) is 0 Å². The highest BCUT2D eigenvalue weighted by molar-refractivity contribution is 6.09. The predicted octanol–water partition coefficient (Wildman–Crippen LogP) is 9.29. The van der Waals surface area contributed by atoms with E-state index in [0.717, 1.165) is 41.8 Å². The normalized spacial score (nSPS) is 20.4. The van der Waals surface area contributed by atoms with Crippen LogP contribution in [0.5, 0.6) is 11.5 Å². The zero-order chi connectivity index (χ0) is 22.9. The molecule has 182 valence electrons. The first kappa shape index (κ1) is 23.7. The largest absolute Gasteiger partial charge is 0.492 e. The highest BCUT2D eigenvalue weighted by Crippen LogP contribution is 2.47. The summed E-state index contributed by atoms with van der Waals surface area (Å²) in [7, 11) is 0. The first-order valence-corrected chi connectivity index (χ1v) is 13.1. The third-order valence-electron chi connectivity index (χ3n) is 8.19. The van der Waals surface area contributed by atoms with E-state index in [1.54, 1.807) is 0 Å². The smallest absolute Gasteiger partial charge is 0.127 e. The Balaban J connectivity index is 0.00000253. The quantitative estimate of drug-likeness (QED) is 0.299. The average Bonchev–Trinajstić information content (AvgIpc) is 2.97. The Kier molecular flexibility index (Phi) is 7.00. The van der Waals surface area contributed by atoms with Gasteiger partial charge >= 0.3 is 0 Å². The van der Waals surface area contributed by atoms with Gasteiger partial charge < -0.3 is 9.47 Å². The molecule has 0 N–H and O–H groups in total. The Morgan fingerprint density at radius 2 is 1.14 bits per heavy atom. The second kappa shape index (κ2) is 10.3. The molecule has 6 rings (SSSR count). The number of rotatable bonds is 3. The van der Waals surface area contributed by atoms with Crippen LogP contribution in [-0.4, -0.2) is 13.2 Å². The Hall–Kier alpha value is -3.00. The number of hydrogen-bond donors (Lipinski definition) is 0. The van der Waals surface area contributed by atoms with E-state index in [4.69, 9.17) is 9.47 Å². The van der Waals surface area contributed by atoms with Crippen LogP contribution in [0.1, 0.15) is 52.9 Å². The molecule has 0 atom stereocenters. The third kappa shape index (κ3) is 4.51.